The van der Waals surface area contributed by atoms with Gasteiger partial charge in [0.25, 0.3) is 5.56 Å². The van der Waals surface area contributed by atoms with Gasteiger partial charge >= 0.3 is 0 Å². The number of nitrogens with zero attached hydrogens (tertiary/aromatic N) is 1. The zero-order valence-electron chi connectivity index (χ0n) is 9.87. The van der Waals surface area contributed by atoms with Crippen molar-refractivity contribution in [3.63, 3.8) is 0 Å². The van der Waals surface area contributed by atoms with E-state index in [2.05, 4.69) is 5.32 Å². The largest absolute Gasteiger partial charge is 0.381 e. The zero-order valence-corrected chi connectivity index (χ0v) is 9.87. The maximum Gasteiger partial charge on any atom is 0.250 e. The summed E-state index contributed by atoms with van der Waals surface area (Å²) < 4.78 is 40.6. The van der Waals surface area contributed by atoms with Gasteiger partial charge in [-0.25, -0.2) is 13.2 Å². The van der Waals surface area contributed by atoms with E-state index in [0.717, 1.165) is 6.07 Å². The molecule has 0 aliphatic rings. The number of nitrogens with one attached hydrogen (secondary N) is 1. The van der Waals surface area contributed by atoms with Gasteiger partial charge in [0, 0.05) is 37.5 Å². The van der Waals surface area contributed by atoms with E-state index in [4.69, 9.17) is 0 Å². The highest BCUT2D eigenvalue weighted by atomic mass is 19.2. The maximum atomic E-state index is 13.3. The third-order valence-corrected chi connectivity index (χ3v) is 2.56. The average Bonchev–Trinajstić information content (AvgIpc) is 2.37. The van der Waals surface area contributed by atoms with E-state index in [-0.39, 0.29) is 24.3 Å². The molecule has 0 aliphatic carbocycles. The van der Waals surface area contributed by atoms with Crippen LogP contribution in [-0.2, 0) is 6.54 Å². The Labute approximate surface area is 107 Å². The Balaban J connectivity index is 2.04. The van der Waals surface area contributed by atoms with Crippen molar-refractivity contribution in [1.29, 1.82) is 0 Å². The van der Waals surface area contributed by atoms with Gasteiger partial charge in [0.1, 0.15) is 5.82 Å². The molecule has 1 aromatic carbocycles. The molecule has 100 valence electrons. The highest BCUT2D eigenvalue weighted by Gasteiger charge is 2.10. The van der Waals surface area contributed by atoms with Crippen molar-refractivity contribution in [3.8, 4) is 0 Å². The van der Waals surface area contributed by atoms with E-state index in [1.165, 1.54) is 10.6 Å². The summed E-state index contributed by atoms with van der Waals surface area (Å²) in [6, 6.07) is 6.02. The Hall–Kier alpha value is -2.24. The molecule has 0 radical (unpaired) electrons. The summed E-state index contributed by atoms with van der Waals surface area (Å²) in [6.07, 6.45) is 1.58. The Bertz CT molecular complexity index is 640. The van der Waals surface area contributed by atoms with Crippen molar-refractivity contribution in [2.45, 2.75) is 6.54 Å². The van der Waals surface area contributed by atoms with Crippen molar-refractivity contribution in [2.75, 3.05) is 11.9 Å². The molecule has 19 heavy (non-hydrogen) atoms. The number of hydrogen-bond acceptors (Lipinski definition) is 2. The first-order valence-electron chi connectivity index (χ1n) is 5.62. The fourth-order valence-electron chi connectivity index (χ4n) is 1.64. The van der Waals surface area contributed by atoms with Crippen LogP contribution in [0.3, 0.4) is 0 Å². The van der Waals surface area contributed by atoms with Gasteiger partial charge in [-0.1, -0.05) is 6.07 Å². The van der Waals surface area contributed by atoms with Crippen LogP contribution in [0.15, 0.2) is 41.3 Å². The van der Waals surface area contributed by atoms with Crippen LogP contribution in [0.2, 0.25) is 0 Å². The second-order valence-corrected chi connectivity index (χ2v) is 3.91. The second-order valence-electron chi connectivity index (χ2n) is 3.91. The van der Waals surface area contributed by atoms with Gasteiger partial charge in [-0.05, 0) is 6.07 Å². The SMILES string of the molecule is O=c1ccccn1CCNc1cc(F)cc(F)c1F. The van der Waals surface area contributed by atoms with Crippen molar-refractivity contribution in [1.82, 2.24) is 4.57 Å². The minimum atomic E-state index is -1.25. The van der Waals surface area contributed by atoms with Crippen molar-refractivity contribution >= 4 is 5.69 Å². The summed E-state index contributed by atoms with van der Waals surface area (Å²) in [5.41, 5.74) is -0.461. The Kier molecular flexibility index (Phi) is 3.89. The molecule has 1 heterocycles. The lowest BCUT2D eigenvalue weighted by Crippen LogP contribution is -2.22. The Morgan fingerprint density at radius 1 is 1.16 bits per heavy atom. The monoisotopic (exact) mass is 268 g/mol. The lowest BCUT2D eigenvalue weighted by molar-refractivity contribution is 0.497. The Morgan fingerprint density at radius 3 is 2.68 bits per heavy atom. The molecule has 2 rings (SSSR count). The van der Waals surface area contributed by atoms with E-state index in [0.29, 0.717) is 6.07 Å². The molecule has 1 aromatic heterocycles. The maximum absolute atomic E-state index is 13.3. The molecule has 6 heteroatoms. The molecule has 0 bridgehead atoms. The van der Waals surface area contributed by atoms with E-state index < -0.39 is 17.5 Å². The highest BCUT2D eigenvalue weighted by molar-refractivity contribution is 5.45. The van der Waals surface area contributed by atoms with Gasteiger partial charge in [-0.15, -0.1) is 0 Å². The minimum Gasteiger partial charge on any atom is -0.381 e. The third kappa shape index (κ3) is 3.15. The predicted octanol–water partition coefficient (Wildman–Crippen LogP) is 2.38. The van der Waals surface area contributed by atoms with Gasteiger partial charge in [0.2, 0.25) is 0 Å². The van der Waals surface area contributed by atoms with Gasteiger partial charge in [0.15, 0.2) is 11.6 Å². The summed E-state index contributed by atoms with van der Waals surface area (Å²) in [4.78, 5) is 11.4. The molecular formula is C13H11F3N2O. The van der Waals surface area contributed by atoms with Gasteiger partial charge in [-0.3, -0.25) is 4.79 Å². The van der Waals surface area contributed by atoms with Crippen LogP contribution < -0.4 is 10.9 Å². The first-order chi connectivity index (χ1) is 9.08. The molecule has 3 nitrogen and oxygen atoms in total. The van der Waals surface area contributed by atoms with E-state index >= 15 is 0 Å². The number of hydrogen-bond donors (Lipinski definition) is 1. The van der Waals surface area contributed by atoms with Crippen LogP contribution >= 0.6 is 0 Å². The number of aromatic nitrogens is 1. The lowest BCUT2D eigenvalue weighted by atomic mass is 10.3. The summed E-state index contributed by atoms with van der Waals surface area (Å²) >= 11 is 0. The van der Waals surface area contributed by atoms with E-state index in [1.54, 1.807) is 18.3 Å². The molecule has 0 saturated heterocycles. The molecule has 2 aromatic rings. The normalized spacial score (nSPS) is 10.5. The molecule has 1 N–H and O–H groups in total. The average molecular weight is 268 g/mol. The van der Waals surface area contributed by atoms with Crippen LogP contribution in [0.4, 0.5) is 18.9 Å². The van der Waals surface area contributed by atoms with Gasteiger partial charge in [0.05, 0.1) is 5.69 Å². The van der Waals surface area contributed by atoms with Crippen LogP contribution in [0.5, 0.6) is 0 Å². The molecule has 0 atom stereocenters. The molecular weight excluding hydrogens is 257 g/mol. The van der Waals surface area contributed by atoms with E-state index in [1.807, 2.05) is 0 Å². The summed E-state index contributed by atoms with van der Waals surface area (Å²) in [5, 5.41) is 2.56. The van der Waals surface area contributed by atoms with Crippen LogP contribution in [0.1, 0.15) is 0 Å². The minimum absolute atomic E-state index is 0.170. The summed E-state index contributed by atoms with van der Waals surface area (Å²) in [6.45, 7) is 0.432. The number of rotatable bonds is 4. The van der Waals surface area contributed by atoms with Gasteiger partial charge < -0.3 is 9.88 Å². The quantitative estimate of drug-likeness (QED) is 0.864. The Morgan fingerprint density at radius 2 is 1.95 bits per heavy atom. The zero-order chi connectivity index (χ0) is 13.8. The van der Waals surface area contributed by atoms with Crippen molar-refractivity contribution in [2.24, 2.45) is 0 Å². The van der Waals surface area contributed by atoms with E-state index in [9.17, 15) is 18.0 Å². The predicted molar refractivity (Wildman–Crippen MR) is 65.5 cm³/mol. The summed E-state index contributed by atoms with van der Waals surface area (Å²) in [7, 11) is 0. The van der Waals surface area contributed by atoms with Crippen LogP contribution in [-0.4, -0.2) is 11.1 Å². The first kappa shape index (κ1) is 13.2. The standard InChI is InChI=1S/C13H11F3N2O/c14-9-7-10(15)13(16)11(8-9)17-4-6-18-5-2-1-3-12(18)19/h1-3,5,7-8,17H,4,6H2. The smallest absolute Gasteiger partial charge is 0.250 e. The van der Waals surface area contributed by atoms with Crippen molar-refractivity contribution in [3.05, 3.63) is 64.3 Å². The molecule has 0 unspecified atom stereocenters. The number of anilines is 1. The summed E-state index contributed by atoms with van der Waals surface area (Å²) in [5.74, 6) is -3.25. The lowest BCUT2D eigenvalue weighted by Gasteiger charge is -2.09. The number of pyridine rings is 1. The molecule has 0 amide bonds. The van der Waals surface area contributed by atoms with Gasteiger partial charge in [-0.2, -0.15) is 0 Å². The molecule has 0 spiro atoms. The van der Waals surface area contributed by atoms with Crippen LogP contribution in [0.25, 0.3) is 0 Å². The van der Waals surface area contributed by atoms with Crippen molar-refractivity contribution < 1.29 is 13.2 Å². The fourth-order valence-corrected chi connectivity index (χ4v) is 1.64. The number of benzene rings is 1. The number of halogens is 3. The second kappa shape index (κ2) is 5.60. The topological polar surface area (TPSA) is 34.0 Å². The molecule has 0 fully saturated rings. The fraction of sp³-hybridized carbons (Fsp3) is 0.154. The molecule has 0 saturated carbocycles. The van der Waals surface area contributed by atoms with Crippen LogP contribution in [0, 0.1) is 17.5 Å². The molecule has 0 aliphatic heterocycles. The third-order valence-electron chi connectivity index (χ3n) is 2.56. The first-order valence-corrected chi connectivity index (χ1v) is 5.62. The highest BCUT2D eigenvalue weighted by Crippen LogP contribution is 2.18.